The molecule has 1 aromatic heterocycles. The molecule has 1 N–H and O–H groups in total. The van der Waals surface area contributed by atoms with Crippen molar-refractivity contribution in [2.24, 2.45) is 5.92 Å². The highest BCUT2D eigenvalue weighted by atomic mass is 35.5. The number of anilines is 1. The maximum atomic E-state index is 12.5. The smallest absolute Gasteiger partial charge is 0.314 e. The summed E-state index contributed by atoms with van der Waals surface area (Å²) in [6.07, 6.45) is 0. The van der Waals surface area contributed by atoms with Crippen LogP contribution < -0.4 is 5.32 Å². The van der Waals surface area contributed by atoms with Crippen LogP contribution in [0.1, 0.15) is 51.8 Å². The van der Waals surface area contributed by atoms with Gasteiger partial charge in [-0.15, -0.1) is 0 Å². The van der Waals surface area contributed by atoms with E-state index in [9.17, 15) is 9.59 Å². The third kappa shape index (κ3) is 5.82. The van der Waals surface area contributed by atoms with Crippen molar-refractivity contribution in [1.82, 2.24) is 5.16 Å². The number of ether oxygens (including phenoxy) is 1. The Labute approximate surface area is 164 Å². The van der Waals surface area contributed by atoms with Crippen molar-refractivity contribution in [2.75, 3.05) is 11.9 Å². The van der Waals surface area contributed by atoms with Gasteiger partial charge in [0.25, 0.3) is 5.91 Å². The molecule has 0 spiro atoms. The number of carbonyl (C=O) groups excluding carboxylic acids is 2. The van der Waals surface area contributed by atoms with E-state index in [0.29, 0.717) is 5.02 Å². The number of nitrogens with one attached hydrogen (secondary N) is 1. The first kappa shape index (κ1) is 21.0. The van der Waals surface area contributed by atoms with Gasteiger partial charge < -0.3 is 9.26 Å². The van der Waals surface area contributed by atoms with Gasteiger partial charge in [0, 0.05) is 16.5 Å². The lowest BCUT2D eigenvalue weighted by atomic mass is 9.88. The van der Waals surface area contributed by atoms with Crippen LogP contribution in [0.2, 0.25) is 5.02 Å². The lowest BCUT2D eigenvalue weighted by molar-refractivity contribution is -0.149. The summed E-state index contributed by atoms with van der Waals surface area (Å²) in [7, 11) is 0. The molecule has 0 radical (unpaired) electrons. The molecule has 0 unspecified atom stereocenters. The standard InChI is InChI=1S/C20H25ClN2O4/c1-12(2)18(13-6-8-14(21)9-7-13)19(25)26-11-16(24)22-17-10-15(23-27-17)20(3,4)5/h6-10,12,18H,11H2,1-5H3,(H,22,24)/t18-/m1/s1. The van der Waals surface area contributed by atoms with Crippen LogP contribution in [0.4, 0.5) is 5.88 Å². The monoisotopic (exact) mass is 392 g/mol. The third-order valence-corrected chi connectivity index (χ3v) is 4.29. The summed E-state index contributed by atoms with van der Waals surface area (Å²) in [4.78, 5) is 24.5. The Morgan fingerprint density at radius 3 is 2.37 bits per heavy atom. The highest BCUT2D eigenvalue weighted by molar-refractivity contribution is 6.30. The average molecular weight is 393 g/mol. The second-order valence-electron chi connectivity index (χ2n) is 7.76. The van der Waals surface area contributed by atoms with Crippen molar-refractivity contribution < 1.29 is 18.8 Å². The number of carbonyl (C=O) groups is 2. The van der Waals surface area contributed by atoms with Gasteiger partial charge in [-0.2, -0.15) is 0 Å². The largest absolute Gasteiger partial charge is 0.455 e. The van der Waals surface area contributed by atoms with E-state index in [1.807, 2.05) is 34.6 Å². The number of hydrogen-bond acceptors (Lipinski definition) is 5. The van der Waals surface area contributed by atoms with Gasteiger partial charge in [0.2, 0.25) is 5.88 Å². The van der Waals surface area contributed by atoms with E-state index in [1.54, 1.807) is 30.3 Å². The third-order valence-electron chi connectivity index (χ3n) is 4.04. The zero-order valence-electron chi connectivity index (χ0n) is 16.2. The summed E-state index contributed by atoms with van der Waals surface area (Å²) < 4.78 is 10.3. The molecule has 0 bridgehead atoms. The minimum absolute atomic E-state index is 0.00496. The second kappa shape index (κ2) is 8.57. The summed E-state index contributed by atoms with van der Waals surface area (Å²) in [6, 6.07) is 8.68. The number of halogens is 1. The first-order valence-corrected chi connectivity index (χ1v) is 9.15. The lowest BCUT2D eigenvalue weighted by Gasteiger charge is -2.19. The van der Waals surface area contributed by atoms with Crippen molar-refractivity contribution in [3.05, 3.63) is 46.6 Å². The number of amides is 1. The highest BCUT2D eigenvalue weighted by Gasteiger charge is 2.26. The predicted octanol–water partition coefficient (Wildman–Crippen LogP) is 4.55. The van der Waals surface area contributed by atoms with Crippen LogP contribution in [-0.4, -0.2) is 23.6 Å². The molecular weight excluding hydrogens is 368 g/mol. The zero-order chi connectivity index (χ0) is 20.2. The molecular formula is C20H25ClN2O4. The fourth-order valence-electron chi connectivity index (χ4n) is 2.55. The SMILES string of the molecule is CC(C)[C@@H](C(=O)OCC(=O)Nc1cc(C(C)(C)C)no1)c1ccc(Cl)cc1. The van der Waals surface area contributed by atoms with Gasteiger partial charge in [-0.05, 0) is 23.6 Å². The Morgan fingerprint density at radius 2 is 1.85 bits per heavy atom. The number of aromatic nitrogens is 1. The van der Waals surface area contributed by atoms with Crippen molar-refractivity contribution in [2.45, 2.75) is 46.0 Å². The van der Waals surface area contributed by atoms with Crippen molar-refractivity contribution in [3.8, 4) is 0 Å². The molecule has 0 fully saturated rings. The van der Waals surface area contributed by atoms with Crippen LogP contribution in [0.25, 0.3) is 0 Å². The first-order chi connectivity index (χ1) is 12.6. The summed E-state index contributed by atoms with van der Waals surface area (Å²) in [5.41, 5.74) is 1.32. The van der Waals surface area contributed by atoms with Crippen LogP contribution in [0.5, 0.6) is 0 Å². The van der Waals surface area contributed by atoms with Gasteiger partial charge in [-0.3, -0.25) is 14.9 Å². The summed E-state index contributed by atoms with van der Waals surface area (Å²) in [6.45, 7) is 9.40. The van der Waals surface area contributed by atoms with Crippen LogP contribution >= 0.6 is 11.6 Å². The predicted molar refractivity (Wildman–Crippen MR) is 104 cm³/mol. The van der Waals surface area contributed by atoms with Crippen molar-refractivity contribution >= 4 is 29.4 Å². The molecule has 2 rings (SSSR count). The van der Waals surface area contributed by atoms with Gasteiger partial charge in [0.15, 0.2) is 6.61 Å². The quantitative estimate of drug-likeness (QED) is 0.729. The molecule has 0 aliphatic rings. The van der Waals surface area contributed by atoms with E-state index in [2.05, 4.69) is 10.5 Å². The molecule has 7 heteroatoms. The molecule has 1 atom stereocenters. The number of rotatable bonds is 6. The molecule has 0 aliphatic carbocycles. The zero-order valence-corrected chi connectivity index (χ0v) is 17.0. The second-order valence-corrected chi connectivity index (χ2v) is 8.19. The van der Waals surface area contributed by atoms with Gasteiger partial charge in [0.05, 0.1) is 11.6 Å². The Balaban J connectivity index is 1.95. The van der Waals surface area contributed by atoms with E-state index < -0.39 is 24.4 Å². The summed E-state index contributed by atoms with van der Waals surface area (Å²) >= 11 is 5.90. The highest BCUT2D eigenvalue weighted by Crippen LogP contribution is 2.27. The van der Waals surface area contributed by atoms with Crippen LogP contribution in [-0.2, 0) is 19.7 Å². The molecule has 146 valence electrons. The van der Waals surface area contributed by atoms with E-state index in [0.717, 1.165) is 11.3 Å². The topological polar surface area (TPSA) is 81.4 Å². The van der Waals surface area contributed by atoms with Crippen molar-refractivity contribution in [3.63, 3.8) is 0 Å². The molecule has 6 nitrogen and oxygen atoms in total. The Kier molecular flexibility index (Phi) is 6.65. The fourth-order valence-corrected chi connectivity index (χ4v) is 2.68. The minimum Gasteiger partial charge on any atom is -0.455 e. The average Bonchev–Trinajstić information content (AvgIpc) is 3.03. The van der Waals surface area contributed by atoms with Gasteiger partial charge in [-0.1, -0.05) is 63.5 Å². The number of benzene rings is 1. The van der Waals surface area contributed by atoms with E-state index in [1.165, 1.54) is 0 Å². The summed E-state index contributed by atoms with van der Waals surface area (Å²) in [5, 5.41) is 7.06. The van der Waals surface area contributed by atoms with Gasteiger partial charge in [0.1, 0.15) is 0 Å². The molecule has 27 heavy (non-hydrogen) atoms. The maximum absolute atomic E-state index is 12.5. The van der Waals surface area contributed by atoms with Gasteiger partial charge in [-0.25, -0.2) is 0 Å². The molecule has 1 aromatic carbocycles. The minimum atomic E-state index is -0.487. The Bertz CT molecular complexity index is 791. The molecule has 0 aliphatic heterocycles. The molecule has 1 amide bonds. The number of hydrogen-bond donors (Lipinski definition) is 1. The number of nitrogens with zero attached hydrogens (tertiary/aromatic N) is 1. The molecule has 0 saturated carbocycles. The van der Waals surface area contributed by atoms with Crippen molar-refractivity contribution in [1.29, 1.82) is 0 Å². The van der Waals surface area contributed by atoms with Crippen LogP contribution in [0, 0.1) is 5.92 Å². The van der Waals surface area contributed by atoms with E-state index >= 15 is 0 Å². The number of esters is 1. The molecule has 0 saturated heterocycles. The van der Waals surface area contributed by atoms with Gasteiger partial charge >= 0.3 is 5.97 Å². The van der Waals surface area contributed by atoms with E-state index in [4.69, 9.17) is 20.9 Å². The molecule has 2 aromatic rings. The first-order valence-electron chi connectivity index (χ1n) is 8.77. The lowest BCUT2D eigenvalue weighted by Crippen LogP contribution is -2.26. The van der Waals surface area contributed by atoms with E-state index in [-0.39, 0.29) is 17.2 Å². The Hall–Kier alpha value is -2.34. The molecule has 1 heterocycles. The van der Waals surface area contributed by atoms with Crippen LogP contribution in [0.15, 0.2) is 34.9 Å². The fraction of sp³-hybridized carbons (Fsp3) is 0.450. The normalized spacial score (nSPS) is 12.7. The maximum Gasteiger partial charge on any atom is 0.314 e. The van der Waals surface area contributed by atoms with Crippen LogP contribution in [0.3, 0.4) is 0 Å². The summed E-state index contributed by atoms with van der Waals surface area (Å²) in [5.74, 6) is -1.20. The Morgan fingerprint density at radius 1 is 1.22 bits per heavy atom.